The number of rotatable bonds is 8. The average molecular weight is 446 g/mol. The van der Waals surface area contributed by atoms with Crippen molar-refractivity contribution in [2.24, 2.45) is 0 Å². The molecular formula is C21H26N4O7. The lowest BCUT2D eigenvalue weighted by Gasteiger charge is -2.21. The minimum absolute atomic E-state index is 0.0649. The number of fused-ring (bicyclic) bond motifs is 1. The van der Waals surface area contributed by atoms with Crippen molar-refractivity contribution < 1.29 is 34.6 Å². The van der Waals surface area contributed by atoms with Gasteiger partial charge in [0.1, 0.15) is 30.1 Å². The first kappa shape index (κ1) is 22.2. The van der Waals surface area contributed by atoms with Crippen LogP contribution in [-0.4, -0.2) is 79.9 Å². The second kappa shape index (κ2) is 9.27. The SMILES string of the molecule is COc1ccnc(CNc2ccc3c(c2)ncn3C[C@@H](O)[C@H]2O[C@H](O)[C@@H](O)[C@H]2O)c1OC. The smallest absolute Gasteiger partial charge is 0.184 e. The molecule has 4 rings (SSSR count). The van der Waals surface area contributed by atoms with Gasteiger partial charge in [-0.2, -0.15) is 0 Å². The van der Waals surface area contributed by atoms with Crippen molar-refractivity contribution >= 4 is 16.7 Å². The molecule has 32 heavy (non-hydrogen) atoms. The van der Waals surface area contributed by atoms with Crippen LogP contribution in [0.5, 0.6) is 11.5 Å². The molecule has 0 bridgehead atoms. The van der Waals surface area contributed by atoms with Gasteiger partial charge in [0.15, 0.2) is 17.8 Å². The zero-order chi connectivity index (χ0) is 22.8. The van der Waals surface area contributed by atoms with Gasteiger partial charge in [0, 0.05) is 18.0 Å². The quantitative estimate of drug-likeness (QED) is 0.316. The van der Waals surface area contributed by atoms with Crippen molar-refractivity contribution in [3.8, 4) is 11.5 Å². The highest BCUT2D eigenvalue weighted by Crippen LogP contribution is 2.30. The summed E-state index contributed by atoms with van der Waals surface area (Å²) in [5, 5.41) is 42.8. The predicted molar refractivity (Wildman–Crippen MR) is 113 cm³/mol. The van der Waals surface area contributed by atoms with E-state index < -0.39 is 30.7 Å². The van der Waals surface area contributed by atoms with E-state index >= 15 is 0 Å². The van der Waals surface area contributed by atoms with Crippen LogP contribution in [0.15, 0.2) is 36.8 Å². The Hall–Kier alpha value is -2.96. The van der Waals surface area contributed by atoms with Gasteiger partial charge in [0.2, 0.25) is 0 Å². The lowest BCUT2D eigenvalue weighted by atomic mass is 10.1. The van der Waals surface area contributed by atoms with E-state index in [-0.39, 0.29) is 6.54 Å². The van der Waals surface area contributed by atoms with Crippen LogP contribution in [0, 0.1) is 0 Å². The van der Waals surface area contributed by atoms with Crippen molar-refractivity contribution in [2.45, 2.75) is 43.8 Å². The fraction of sp³-hybridized carbons (Fsp3) is 0.429. The molecule has 0 unspecified atom stereocenters. The first-order valence-electron chi connectivity index (χ1n) is 10.0. The fourth-order valence-corrected chi connectivity index (χ4v) is 3.79. The topological polar surface area (TPSA) is 151 Å². The summed E-state index contributed by atoms with van der Waals surface area (Å²) in [5.74, 6) is 1.16. The Labute approximate surface area is 183 Å². The van der Waals surface area contributed by atoms with Crippen molar-refractivity contribution in [3.63, 3.8) is 0 Å². The predicted octanol–water partition coefficient (Wildman–Crippen LogP) is -0.140. The standard InChI is InChI=1S/C21H26N4O7/c1-30-16-5-6-22-13(19(16)31-2)8-23-11-3-4-14-12(7-11)24-10-25(14)9-15(26)20-17(27)18(28)21(29)32-20/h3-7,10,15,17-18,20-21,23,26-29H,8-9H2,1-2H3/t15-,17-,18+,20-,21+/m1/s1. The summed E-state index contributed by atoms with van der Waals surface area (Å²) in [5.41, 5.74) is 2.97. The number of aliphatic hydroxyl groups excluding tert-OH is 4. The first-order chi connectivity index (χ1) is 15.4. The summed E-state index contributed by atoms with van der Waals surface area (Å²) in [6, 6.07) is 7.31. The number of nitrogens with one attached hydrogen (secondary N) is 1. The van der Waals surface area contributed by atoms with Gasteiger partial charge < -0.3 is 44.5 Å². The van der Waals surface area contributed by atoms with Gasteiger partial charge in [-0.3, -0.25) is 4.98 Å². The number of aliphatic hydroxyl groups is 4. The summed E-state index contributed by atoms with van der Waals surface area (Å²) >= 11 is 0. The number of hydrogen-bond acceptors (Lipinski definition) is 10. The van der Waals surface area contributed by atoms with Crippen LogP contribution >= 0.6 is 0 Å². The number of hydrogen-bond donors (Lipinski definition) is 5. The zero-order valence-corrected chi connectivity index (χ0v) is 17.6. The summed E-state index contributed by atoms with van der Waals surface area (Å²) in [4.78, 5) is 8.72. The average Bonchev–Trinajstić information content (AvgIpc) is 3.32. The number of imidazole rings is 1. The van der Waals surface area contributed by atoms with Gasteiger partial charge in [-0.15, -0.1) is 0 Å². The molecule has 1 aromatic carbocycles. The largest absolute Gasteiger partial charge is 0.493 e. The Kier molecular flexibility index (Phi) is 6.44. The van der Waals surface area contributed by atoms with Crippen LogP contribution < -0.4 is 14.8 Å². The summed E-state index contributed by atoms with van der Waals surface area (Å²) in [6.45, 7) is 0.474. The third-order valence-electron chi connectivity index (χ3n) is 5.49. The maximum absolute atomic E-state index is 10.4. The van der Waals surface area contributed by atoms with Crippen molar-refractivity contribution in [3.05, 3.63) is 42.5 Å². The Morgan fingerprint density at radius 1 is 1.12 bits per heavy atom. The molecule has 0 radical (unpaired) electrons. The number of benzene rings is 1. The zero-order valence-electron chi connectivity index (χ0n) is 17.6. The second-order valence-corrected chi connectivity index (χ2v) is 7.49. The molecule has 5 N–H and O–H groups in total. The number of nitrogens with zero attached hydrogens (tertiary/aromatic N) is 3. The fourth-order valence-electron chi connectivity index (χ4n) is 3.79. The third-order valence-corrected chi connectivity index (χ3v) is 5.49. The van der Waals surface area contributed by atoms with E-state index in [1.54, 1.807) is 37.4 Å². The number of pyridine rings is 1. The molecule has 2 aromatic heterocycles. The van der Waals surface area contributed by atoms with Gasteiger partial charge in [0.05, 0.1) is 44.7 Å². The second-order valence-electron chi connectivity index (χ2n) is 7.49. The van der Waals surface area contributed by atoms with Crippen LogP contribution in [0.1, 0.15) is 5.69 Å². The Balaban J connectivity index is 1.45. The molecule has 3 heterocycles. The molecule has 5 atom stereocenters. The maximum atomic E-state index is 10.4. The van der Waals surface area contributed by atoms with Crippen LogP contribution in [0.4, 0.5) is 5.69 Å². The molecule has 0 amide bonds. The molecule has 11 heteroatoms. The third kappa shape index (κ3) is 4.20. The number of methoxy groups -OCH3 is 2. The first-order valence-corrected chi connectivity index (χ1v) is 10.0. The summed E-state index contributed by atoms with van der Waals surface area (Å²) in [6.07, 6.45) is -3.41. The maximum Gasteiger partial charge on any atom is 0.184 e. The Bertz CT molecular complexity index is 1080. The summed E-state index contributed by atoms with van der Waals surface area (Å²) in [7, 11) is 3.13. The molecule has 172 valence electrons. The number of anilines is 1. The van der Waals surface area contributed by atoms with E-state index in [9.17, 15) is 20.4 Å². The van der Waals surface area contributed by atoms with E-state index in [1.165, 1.54) is 0 Å². The van der Waals surface area contributed by atoms with Gasteiger partial charge in [-0.25, -0.2) is 4.98 Å². The van der Waals surface area contributed by atoms with E-state index in [4.69, 9.17) is 14.2 Å². The molecule has 0 spiro atoms. The molecule has 0 aliphatic carbocycles. The van der Waals surface area contributed by atoms with Crippen molar-refractivity contribution in [1.29, 1.82) is 0 Å². The van der Waals surface area contributed by atoms with Gasteiger partial charge in [0.25, 0.3) is 0 Å². The molecule has 0 saturated carbocycles. The molecule has 1 aliphatic rings. The molecule has 1 aliphatic heterocycles. The Morgan fingerprint density at radius 2 is 1.94 bits per heavy atom. The summed E-state index contributed by atoms with van der Waals surface area (Å²) < 4.78 is 17.5. The minimum Gasteiger partial charge on any atom is -0.493 e. The molecule has 1 fully saturated rings. The lowest BCUT2D eigenvalue weighted by molar-refractivity contribution is -0.147. The lowest BCUT2D eigenvalue weighted by Crippen LogP contribution is -2.40. The van der Waals surface area contributed by atoms with Gasteiger partial charge in [-0.1, -0.05) is 0 Å². The minimum atomic E-state index is -1.53. The monoisotopic (exact) mass is 446 g/mol. The highest BCUT2D eigenvalue weighted by atomic mass is 16.6. The van der Waals surface area contributed by atoms with E-state index in [1.807, 2.05) is 18.2 Å². The number of ether oxygens (including phenoxy) is 3. The van der Waals surface area contributed by atoms with Crippen LogP contribution in [-0.2, 0) is 17.8 Å². The van der Waals surface area contributed by atoms with Crippen molar-refractivity contribution in [1.82, 2.24) is 14.5 Å². The van der Waals surface area contributed by atoms with Crippen LogP contribution in [0.2, 0.25) is 0 Å². The van der Waals surface area contributed by atoms with E-state index in [0.29, 0.717) is 29.3 Å². The van der Waals surface area contributed by atoms with Crippen molar-refractivity contribution in [2.75, 3.05) is 19.5 Å². The van der Waals surface area contributed by atoms with Crippen LogP contribution in [0.25, 0.3) is 11.0 Å². The van der Waals surface area contributed by atoms with Crippen LogP contribution in [0.3, 0.4) is 0 Å². The number of aromatic nitrogens is 3. The molecular weight excluding hydrogens is 420 g/mol. The van der Waals surface area contributed by atoms with E-state index in [0.717, 1.165) is 11.2 Å². The van der Waals surface area contributed by atoms with Gasteiger partial charge in [-0.05, 0) is 18.2 Å². The van der Waals surface area contributed by atoms with E-state index in [2.05, 4.69) is 15.3 Å². The molecule has 1 saturated heterocycles. The molecule has 11 nitrogen and oxygen atoms in total. The highest BCUT2D eigenvalue weighted by Gasteiger charge is 2.45. The van der Waals surface area contributed by atoms with Gasteiger partial charge >= 0.3 is 0 Å². The molecule has 3 aromatic rings. The normalized spacial score (nSPS) is 23.9. The highest BCUT2D eigenvalue weighted by molar-refractivity contribution is 5.79. The Morgan fingerprint density at radius 3 is 2.62 bits per heavy atom.